The summed E-state index contributed by atoms with van der Waals surface area (Å²) < 4.78 is 0. The molecule has 108 valence electrons. The van der Waals surface area contributed by atoms with Crippen LogP contribution in [0.15, 0.2) is 24.3 Å². The molecule has 1 aliphatic carbocycles. The van der Waals surface area contributed by atoms with E-state index >= 15 is 0 Å². The van der Waals surface area contributed by atoms with Crippen molar-refractivity contribution >= 4 is 11.6 Å². The zero-order valence-corrected chi connectivity index (χ0v) is 12.3. The lowest BCUT2D eigenvalue weighted by molar-refractivity contribution is -0.118. The van der Waals surface area contributed by atoms with Gasteiger partial charge in [0.1, 0.15) is 0 Å². The summed E-state index contributed by atoms with van der Waals surface area (Å²) in [5.74, 6) is 1.02. The zero-order chi connectivity index (χ0) is 13.9. The monoisotopic (exact) mass is 272 g/mol. The van der Waals surface area contributed by atoms with E-state index in [2.05, 4.69) is 30.6 Å². The van der Waals surface area contributed by atoms with Gasteiger partial charge in [0.25, 0.3) is 0 Å². The summed E-state index contributed by atoms with van der Waals surface area (Å²) in [5.41, 5.74) is 2.46. The van der Waals surface area contributed by atoms with Crippen LogP contribution in [0.1, 0.15) is 37.7 Å². The Hall–Kier alpha value is -1.35. The molecule has 3 nitrogen and oxygen atoms in total. The first-order valence-corrected chi connectivity index (χ1v) is 7.85. The van der Waals surface area contributed by atoms with Gasteiger partial charge in [-0.25, -0.2) is 0 Å². The number of rotatable bonds is 4. The van der Waals surface area contributed by atoms with Crippen molar-refractivity contribution in [2.75, 3.05) is 18.5 Å². The Kier molecular flexibility index (Phi) is 4.06. The van der Waals surface area contributed by atoms with Crippen LogP contribution < -0.4 is 10.2 Å². The third-order valence-electron chi connectivity index (χ3n) is 4.95. The lowest BCUT2D eigenvalue weighted by Gasteiger charge is -2.31. The van der Waals surface area contributed by atoms with Crippen LogP contribution in [-0.2, 0) is 11.2 Å². The van der Waals surface area contributed by atoms with Crippen molar-refractivity contribution in [1.29, 1.82) is 0 Å². The van der Waals surface area contributed by atoms with Gasteiger partial charge in [-0.3, -0.25) is 4.79 Å². The Morgan fingerprint density at radius 2 is 2.10 bits per heavy atom. The number of hydrogen-bond acceptors (Lipinski definition) is 2. The number of carbonyl (C=O) groups excluding carboxylic acids is 1. The van der Waals surface area contributed by atoms with Crippen molar-refractivity contribution in [3.05, 3.63) is 29.8 Å². The average molecular weight is 272 g/mol. The van der Waals surface area contributed by atoms with E-state index in [0.29, 0.717) is 18.4 Å². The van der Waals surface area contributed by atoms with Gasteiger partial charge in [-0.1, -0.05) is 24.6 Å². The van der Waals surface area contributed by atoms with Crippen molar-refractivity contribution in [2.45, 2.75) is 44.6 Å². The second kappa shape index (κ2) is 5.96. The van der Waals surface area contributed by atoms with Gasteiger partial charge in [0.05, 0.1) is 0 Å². The minimum Gasteiger partial charge on any atom is -0.317 e. The second-order valence-electron chi connectivity index (χ2n) is 6.05. The molecule has 3 heteroatoms. The van der Waals surface area contributed by atoms with Gasteiger partial charge in [0.15, 0.2) is 0 Å². The van der Waals surface area contributed by atoms with Gasteiger partial charge < -0.3 is 10.2 Å². The number of para-hydroxylation sites is 1. The number of aryl methyl sites for hydroxylation is 1. The molecule has 1 aromatic carbocycles. The molecule has 3 rings (SSSR count). The van der Waals surface area contributed by atoms with E-state index < -0.39 is 0 Å². The largest absolute Gasteiger partial charge is 0.317 e. The van der Waals surface area contributed by atoms with Crippen molar-refractivity contribution in [1.82, 2.24) is 5.32 Å². The van der Waals surface area contributed by atoms with Crippen molar-refractivity contribution in [2.24, 2.45) is 5.92 Å². The van der Waals surface area contributed by atoms with E-state index in [4.69, 9.17) is 0 Å². The van der Waals surface area contributed by atoms with Crippen LogP contribution in [0.4, 0.5) is 5.69 Å². The van der Waals surface area contributed by atoms with Crippen LogP contribution in [0.3, 0.4) is 0 Å². The lowest BCUT2D eigenvalue weighted by atomic mass is 9.97. The number of hydrogen-bond donors (Lipinski definition) is 1. The van der Waals surface area contributed by atoms with Crippen LogP contribution in [0.2, 0.25) is 0 Å². The van der Waals surface area contributed by atoms with Gasteiger partial charge in [-0.2, -0.15) is 0 Å². The van der Waals surface area contributed by atoms with E-state index in [1.54, 1.807) is 0 Å². The summed E-state index contributed by atoms with van der Waals surface area (Å²) in [7, 11) is 2.06. The highest BCUT2D eigenvalue weighted by molar-refractivity contribution is 5.96. The highest BCUT2D eigenvalue weighted by Crippen LogP contribution is 2.31. The highest BCUT2D eigenvalue weighted by Gasteiger charge is 2.28. The number of nitrogens with zero attached hydrogens (tertiary/aromatic N) is 1. The molecule has 0 aromatic heterocycles. The fourth-order valence-electron chi connectivity index (χ4n) is 3.80. The topological polar surface area (TPSA) is 32.3 Å². The molecule has 2 unspecified atom stereocenters. The summed E-state index contributed by atoms with van der Waals surface area (Å²) >= 11 is 0. The fourth-order valence-corrected chi connectivity index (χ4v) is 3.80. The first kappa shape index (κ1) is 13.6. The Morgan fingerprint density at radius 3 is 2.95 bits per heavy atom. The van der Waals surface area contributed by atoms with Crippen LogP contribution >= 0.6 is 0 Å². The predicted molar refractivity (Wildman–Crippen MR) is 81.9 cm³/mol. The van der Waals surface area contributed by atoms with Crippen molar-refractivity contribution in [3.63, 3.8) is 0 Å². The second-order valence-corrected chi connectivity index (χ2v) is 6.05. The van der Waals surface area contributed by atoms with E-state index in [1.807, 2.05) is 11.0 Å². The van der Waals surface area contributed by atoms with Gasteiger partial charge in [0, 0.05) is 24.7 Å². The molecular weight excluding hydrogens is 248 g/mol. The van der Waals surface area contributed by atoms with Crippen LogP contribution in [0.5, 0.6) is 0 Å². The molecule has 0 saturated heterocycles. The first-order valence-electron chi connectivity index (χ1n) is 7.85. The molecule has 2 aliphatic rings. The molecule has 0 radical (unpaired) electrons. The van der Waals surface area contributed by atoms with Gasteiger partial charge in [-0.05, 0) is 50.3 Å². The molecular formula is C17H24N2O. The summed E-state index contributed by atoms with van der Waals surface area (Å²) in [6, 6.07) is 9.00. The summed E-state index contributed by atoms with van der Waals surface area (Å²) in [6.07, 6.45) is 6.58. The Balaban J connectivity index is 1.69. The van der Waals surface area contributed by atoms with E-state index in [-0.39, 0.29) is 0 Å². The predicted octanol–water partition coefficient (Wildman–Crippen LogP) is 2.74. The van der Waals surface area contributed by atoms with Crippen molar-refractivity contribution in [3.8, 4) is 0 Å². The van der Waals surface area contributed by atoms with E-state index in [9.17, 15) is 4.79 Å². The van der Waals surface area contributed by atoms with E-state index in [1.165, 1.54) is 24.8 Å². The van der Waals surface area contributed by atoms with Gasteiger partial charge >= 0.3 is 0 Å². The lowest BCUT2D eigenvalue weighted by Crippen LogP contribution is -2.38. The molecule has 0 bridgehead atoms. The van der Waals surface area contributed by atoms with Gasteiger partial charge in [0.2, 0.25) is 5.91 Å². The SMILES string of the molecule is CNC1CCCC1CCN1C(=O)CCc2ccccc21. The maximum atomic E-state index is 12.2. The zero-order valence-electron chi connectivity index (χ0n) is 12.3. The first-order chi connectivity index (χ1) is 9.79. The fraction of sp³-hybridized carbons (Fsp3) is 0.588. The maximum absolute atomic E-state index is 12.2. The summed E-state index contributed by atoms with van der Waals surface area (Å²) in [6.45, 7) is 0.874. The number of nitrogens with one attached hydrogen (secondary N) is 1. The van der Waals surface area contributed by atoms with Crippen molar-refractivity contribution < 1.29 is 4.79 Å². The quantitative estimate of drug-likeness (QED) is 0.914. The number of benzene rings is 1. The Bertz CT molecular complexity index is 486. The molecule has 0 spiro atoms. The standard InChI is InChI=1S/C17H24N2O/c1-18-15-7-4-6-13(15)11-12-19-16-8-3-2-5-14(16)9-10-17(19)20/h2-3,5,8,13,15,18H,4,6-7,9-12H2,1H3. The number of anilines is 1. The molecule has 1 aliphatic heterocycles. The summed E-state index contributed by atoms with van der Waals surface area (Å²) in [5, 5.41) is 3.43. The normalized spacial score (nSPS) is 25.9. The Labute approximate surface area is 121 Å². The summed E-state index contributed by atoms with van der Waals surface area (Å²) in [4.78, 5) is 14.2. The van der Waals surface area contributed by atoms with Crippen LogP contribution in [-0.4, -0.2) is 25.5 Å². The van der Waals surface area contributed by atoms with Gasteiger partial charge in [-0.15, -0.1) is 0 Å². The highest BCUT2D eigenvalue weighted by atomic mass is 16.2. The molecule has 1 amide bonds. The molecule has 2 atom stereocenters. The minimum atomic E-state index is 0.294. The number of carbonyl (C=O) groups is 1. The minimum absolute atomic E-state index is 0.294. The van der Waals surface area contributed by atoms with Crippen LogP contribution in [0, 0.1) is 5.92 Å². The number of fused-ring (bicyclic) bond motifs is 1. The molecule has 1 fully saturated rings. The molecule has 1 saturated carbocycles. The maximum Gasteiger partial charge on any atom is 0.227 e. The Morgan fingerprint density at radius 1 is 1.25 bits per heavy atom. The smallest absolute Gasteiger partial charge is 0.227 e. The average Bonchev–Trinajstić information content (AvgIpc) is 2.94. The molecule has 20 heavy (non-hydrogen) atoms. The van der Waals surface area contributed by atoms with E-state index in [0.717, 1.165) is 31.0 Å². The molecule has 1 aromatic rings. The third-order valence-corrected chi connectivity index (χ3v) is 4.95. The van der Waals surface area contributed by atoms with Crippen LogP contribution in [0.25, 0.3) is 0 Å². The molecule has 1 heterocycles. The third kappa shape index (κ3) is 2.59. The molecule has 1 N–H and O–H groups in total. The number of amides is 1.